The first-order valence-electron chi connectivity index (χ1n) is 8.31. The van der Waals surface area contributed by atoms with E-state index in [1.807, 2.05) is 37.3 Å². The van der Waals surface area contributed by atoms with Gasteiger partial charge in [0.25, 0.3) is 5.91 Å². The Hall–Kier alpha value is -2.66. The summed E-state index contributed by atoms with van der Waals surface area (Å²) in [4.78, 5) is 25.7. The third-order valence-corrected chi connectivity index (χ3v) is 3.80. The van der Waals surface area contributed by atoms with E-state index in [4.69, 9.17) is 0 Å². The van der Waals surface area contributed by atoms with Gasteiger partial charge in [-0.15, -0.1) is 0 Å². The standard InChI is InChI=1S/C20H24N2O3/c1-15(14-23)12-22(13-17-6-4-3-5-7-17)20(25)18-8-10-19(11-9-18)21-16(2)24/h3-11,15,23H,12-14H2,1-2H3,(H,21,24). The molecule has 0 fully saturated rings. The SMILES string of the molecule is CC(=O)Nc1ccc(C(=O)N(Cc2ccccc2)CC(C)CO)cc1. The van der Waals surface area contributed by atoms with Crippen LogP contribution in [0.25, 0.3) is 0 Å². The number of aliphatic hydroxyl groups excluding tert-OH is 1. The van der Waals surface area contributed by atoms with E-state index < -0.39 is 0 Å². The predicted molar refractivity (Wildman–Crippen MR) is 98.2 cm³/mol. The second-order valence-corrected chi connectivity index (χ2v) is 6.22. The maximum atomic E-state index is 12.9. The van der Waals surface area contributed by atoms with Crippen LogP contribution < -0.4 is 5.32 Å². The van der Waals surface area contributed by atoms with E-state index in [0.717, 1.165) is 5.56 Å². The first-order chi connectivity index (χ1) is 12.0. The van der Waals surface area contributed by atoms with Crippen molar-refractivity contribution < 1.29 is 14.7 Å². The highest BCUT2D eigenvalue weighted by Gasteiger charge is 2.18. The minimum atomic E-state index is -0.151. The lowest BCUT2D eigenvalue weighted by atomic mass is 10.1. The van der Waals surface area contributed by atoms with Gasteiger partial charge in [0.2, 0.25) is 5.91 Å². The molecule has 2 aromatic rings. The number of hydrogen-bond donors (Lipinski definition) is 2. The Balaban J connectivity index is 2.17. The van der Waals surface area contributed by atoms with Crippen LogP contribution in [0.5, 0.6) is 0 Å². The molecular weight excluding hydrogens is 316 g/mol. The maximum Gasteiger partial charge on any atom is 0.254 e. The van der Waals surface area contributed by atoms with Gasteiger partial charge in [0.05, 0.1) is 0 Å². The molecule has 0 heterocycles. The highest BCUT2D eigenvalue weighted by atomic mass is 16.3. The Labute approximate surface area is 148 Å². The van der Waals surface area contributed by atoms with E-state index in [2.05, 4.69) is 5.32 Å². The van der Waals surface area contributed by atoms with Crippen LogP contribution in [0, 0.1) is 5.92 Å². The van der Waals surface area contributed by atoms with Crippen LogP contribution in [-0.4, -0.2) is 35.0 Å². The van der Waals surface area contributed by atoms with Gasteiger partial charge < -0.3 is 15.3 Å². The number of benzene rings is 2. The van der Waals surface area contributed by atoms with Crippen LogP contribution in [0.1, 0.15) is 29.8 Å². The van der Waals surface area contributed by atoms with Crippen molar-refractivity contribution in [1.82, 2.24) is 4.90 Å². The Morgan fingerprint density at radius 2 is 1.72 bits per heavy atom. The molecule has 2 aromatic carbocycles. The number of nitrogens with zero attached hydrogens (tertiary/aromatic N) is 1. The number of rotatable bonds is 7. The number of carbonyl (C=O) groups excluding carboxylic acids is 2. The Morgan fingerprint density at radius 3 is 2.28 bits per heavy atom. The molecule has 0 saturated heterocycles. The zero-order valence-corrected chi connectivity index (χ0v) is 14.6. The smallest absolute Gasteiger partial charge is 0.254 e. The van der Waals surface area contributed by atoms with Crippen LogP contribution in [0.4, 0.5) is 5.69 Å². The van der Waals surface area contributed by atoms with Gasteiger partial charge in [-0.1, -0.05) is 37.3 Å². The molecule has 132 valence electrons. The average molecular weight is 340 g/mol. The zero-order chi connectivity index (χ0) is 18.2. The summed E-state index contributed by atoms with van der Waals surface area (Å²) < 4.78 is 0. The maximum absolute atomic E-state index is 12.9. The van der Waals surface area contributed by atoms with E-state index in [1.165, 1.54) is 6.92 Å². The van der Waals surface area contributed by atoms with Crippen molar-refractivity contribution >= 4 is 17.5 Å². The quantitative estimate of drug-likeness (QED) is 0.814. The highest BCUT2D eigenvalue weighted by Crippen LogP contribution is 2.15. The molecule has 1 atom stereocenters. The molecule has 5 heteroatoms. The molecule has 0 aliphatic carbocycles. The molecule has 0 radical (unpaired) electrons. The topological polar surface area (TPSA) is 69.6 Å². The molecule has 1 unspecified atom stereocenters. The summed E-state index contributed by atoms with van der Waals surface area (Å²) in [7, 11) is 0. The Morgan fingerprint density at radius 1 is 1.08 bits per heavy atom. The third kappa shape index (κ3) is 5.72. The van der Waals surface area contributed by atoms with Crippen LogP contribution in [-0.2, 0) is 11.3 Å². The van der Waals surface area contributed by atoms with Crippen LogP contribution >= 0.6 is 0 Å². The van der Waals surface area contributed by atoms with Gasteiger partial charge in [0, 0.05) is 37.9 Å². The van der Waals surface area contributed by atoms with Gasteiger partial charge in [-0.2, -0.15) is 0 Å². The van der Waals surface area contributed by atoms with Crippen molar-refractivity contribution in [3.8, 4) is 0 Å². The van der Waals surface area contributed by atoms with Crippen LogP contribution in [0.15, 0.2) is 54.6 Å². The first kappa shape index (κ1) is 18.7. The van der Waals surface area contributed by atoms with Crippen LogP contribution in [0.3, 0.4) is 0 Å². The third-order valence-electron chi connectivity index (χ3n) is 3.80. The largest absolute Gasteiger partial charge is 0.396 e. The minimum absolute atomic E-state index is 0.00804. The average Bonchev–Trinajstić information content (AvgIpc) is 2.61. The summed E-state index contributed by atoms with van der Waals surface area (Å²) in [6.07, 6.45) is 0. The molecule has 2 rings (SSSR count). The molecule has 0 spiro atoms. The monoisotopic (exact) mass is 340 g/mol. The molecular formula is C20H24N2O3. The lowest BCUT2D eigenvalue weighted by Crippen LogP contribution is -2.35. The molecule has 0 saturated carbocycles. The molecule has 0 aromatic heterocycles. The normalized spacial score (nSPS) is 11.6. The van der Waals surface area contributed by atoms with Gasteiger partial charge in [-0.05, 0) is 35.7 Å². The minimum Gasteiger partial charge on any atom is -0.396 e. The fourth-order valence-corrected chi connectivity index (χ4v) is 2.54. The highest BCUT2D eigenvalue weighted by molar-refractivity contribution is 5.95. The first-order valence-corrected chi connectivity index (χ1v) is 8.31. The molecule has 5 nitrogen and oxygen atoms in total. The van der Waals surface area contributed by atoms with Crippen molar-refractivity contribution in [3.05, 3.63) is 65.7 Å². The van der Waals surface area contributed by atoms with Gasteiger partial charge in [-0.3, -0.25) is 9.59 Å². The second-order valence-electron chi connectivity index (χ2n) is 6.22. The summed E-state index contributed by atoms with van der Waals surface area (Å²) in [6, 6.07) is 16.6. The van der Waals surface area contributed by atoms with Gasteiger partial charge >= 0.3 is 0 Å². The Kier molecular flexibility index (Phi) is 6.71. The zero-order valence-electron chi connectivity index (χ0n) is 14.6. The van der Waals surface area contributed by atoms with E-state index >= 15 is 0 Å². The molecule has 2 amide bonds. The fraction of sp³-hybridized carbons (Fsp3) is 0.300. The molecule has 0 aliphatic rings. The lowest BCUT2D eigenvalue weighted by molar-refractivity contribution is -0.114. The van der Waals surface area contributed by atoms with Crippen molar-refractivity contribution in [2.45, 2.75) is 20.4 Å². The van der Waals surface area contributed by atoms with Gasteiger partial charge in [-0.25, -0.2) is 0 Å². The molecule has 0 aliphatic heterocycles. The van der Waals surface area contributed by atoms with Crippen molar-refractivity contribution in [2.75, 3.05) is 18.5 Å². The van der Waals surface area contributed by atoms with E-state index in [9.17, 15) is 14.7 Å². The summed E-state index contributed by atoms with van der Waals surface area (Å²) in [6.45, 7) is 4.33. The second kappa shape index (κ2) is 8.99. The number of anilines is 1. The van der Waals surface area contributed by atoms with Crippen molar-refractivity contribution in [2.24, 2.45) is 5.92 Å². The number of aliphatic hydroxyl groups is 1. The number of hydrogen-bond acceptors (Lipinski definition) is 3. The van der Waals surface area contributed by atoms with Crippen molar-refractivity contribution in [3.63, 3.8) is 0 Å². The summed E-state index contributed by atoms with van der Waals surface area (Å²) >= 11 is 0. The van der Waals surface area contributed by atoms with E-state index in [1.54, 1.807) is 29.2 Å². The molecule has 25 heavy (non-hydrogen) atoms. The summed E-state index contributed by atoms with van der Waals surface area (Å²) in [5.41, 5.74) is 2.24. The van der Waals surface area contributed by atoms with E-state index in [-0.39, 0.29) is 24.3 Å². The fourth-order valence-electron chi connectivity index (χ4n) is 2.54. The van der Waals surface area contributed by atoms with Gasteiger partial charge in [0.15, 0.2) is 0 Å². The lowest BCUT2D eigenvalue weighted by Gasteiger charge is -2.25. The summed E-state index contributed by atoms with van der Waals surface area (Å²) in [5.74, 6) is -0.258. The predicted octanol–water partition coefficient (Wildman–Crippen LogP) is 2.92. The summed E-state index contributed by atoms with van der Waals surface area (Å²) in [5, 5.41) is 12.0. The Bertz CT molecular complexity index is 699. The molecule has 2 N–H and O–H groups in total. The molecule has 0 bridgehead atoms. The number of amides is 2. The van der Waals surface area contributed by atoms with Crippen molar-refractivity contribution in [1.29, 1.82) is 0 Å². The number of nitrogens with one attached hydrogen (secondary N) is 1. The van der Waals surface area contributed by atoms with Gasteiger partial charge in [0.1, 0.15) is 0 Å². The van der Waals surface area contributed by atoms with Crippen LogP contribution in [0.2, 0.25) is 0 Å². The number of carbonyl (C=O) groups is 2. The van der Waals surface area contributed by atoms with E-state index in [0.29, 0.717) is 24.3 Å².